The van der Waals surface area contributed by atoms with Crippen LogP contribution in [-0.2, 0) is 18.8 Å². The summed E-state index contributed by atoms with van der Waals surface area (Å²) in [5.41, 5.74) is -2.59. The Hall–Kier alpha value is -2.51. The maximum atomic E-state index is 13.1. The average Bonchev–Trinajstić information content (AvgIpc) is 2.67. The topological polar surface area (TPSA) is 20.3 Å². The first-order valence-corrected chi connectivity index (χ1v) is 9.20. The lowest BCUT2D eigenvalue weighted by Crippen LogP contribution is -2.45. The van der Waals surface area contributed by atoms with E-state index in [-0.39, 0.29) is 12.1 Å². The molecule has 2 nitrogen and oxygen atoms in total. The first-order valence-electron chi connectivity index (χ1n) is 9.20. The van der Waals surface area contributed by atoms with Gasteiger partial charge in [-0.1, -0.05) is 30.3 Å². The van der Waals surface area contributed by atoms with E-state index >= 15 is 0 Å². The van der Waals surface area contributed by atoms with E-state index in [0.29, 0.717) is 37.9 Å². The third kappa shape index (κ3) is 5.10. The van der Waals surface area contributed by atoms with Gasteiger partial charge in [0.1, 0.15) is 0 Å². The highest BCUT2D eigenvalue weighted by Crippen LogP contribution is 2.37. The van der Waals surface area contributed by atoms with Crippen LogP contribution in [0.5, 0.6) is 0 Å². The molecule has 0 unspecified atom stereocenters. The van der Waals surface area contributed by atoms with Crippen LogP contribution in [0.1, 0.15) is 46.3 Å². The highest BCUT2D eigenvalue weighted by atomic mass is 19.4. The van der Waals surface area contributed by atoms with E-state index in [4.69, 9.17) is 0 Å². The van der Waals surface area contributed by atoms with E-state index in [0.717, 1.165) is 12.0 Å². The molecule has 1 saturated heterocycles. The number of rotatable bonds is 3. The number of likely N-dealkylation sites (tertiary alicyclic amines) is 1. The van der Waals surface area contributed by atoms with Gasteiger partial charge in [0.25, 0.3) is 5.91 Å². The summed E-state index contributed by atoms with van der Waals surface area (Å²) in [6, 6.07) is 10.1. The molecule has 8 heteroatoms. The summed E-state index contributed by atoms with van der Waals surface area (Å²) in [5.74, 6) is -0.803. The first-order chi connectivity index (χ1) is 13.6. The maximum absolute atomic E-state index is 13.1. The number of carbonyl (C=O) groups is 1. The number of amides is 1. The van der Waals surface area contributed by atoms with Crippen LogP contribution in [0.25, 0.3) is 0 Å². The zero-order chi connectivity index (χ0) is 21.2. The molecule has 29 heavy (non-hydrogen) atoms. The van der Waals surface area contributed by atoms with Crippen molar-refractivity contribution in [2.75, 3.05) is 6.54 Å². The molecule has 0 bridgehead atoms. The Kier molecular flexibility index (Phi) is 5.91. The molecular weight excluding hydrogens is 396 g/mol. The largest absolute Gasteiger partial charge is 0.416 e. The standard InChI is InChI=1S/C21H19F6NO/c22-20(23,24)16-11-15(12-17(13-16)21(25,26)27)19(29)28-9-5-4-8-18(28)10-14-6-2-1-3-7-14/h1-3,6-7,11-13,18H,4-5,8-10H2/t18-/m1/s1. The molecule has 156 valence electrons. The van der Waals surface area contributed by atoms with Crippen LogP contribution in [0.2, 0.25) is 0 Å². The Labute approximate surface area is 164 Å². The first kappa shape index (κ1) is 21.2. The molecule has 1 aliphatic rings. The van der Waals surface area contributed by atoms with Gasteiger partial charge >= 0.3 is 12.4 Å². The van der Waals surface area contributed by atoms with Crippen molar-refractivity contribution >= 4 is 5.91 Å². The van der Waals surface area contributed by atoms with Gasteiger partial charge in [-0.2, -0.15) is 26.3 Å². The Morgan fingerprint density at radius 3 is 2.03 bits per heavy atom. The van der Waals surface area contributed by atoms with Crippen molar-refractivity contribution in [3.63, 3.8) is 0 Å². The molecule has 0 aromatic heterocycles. The third-order valence-corrected chi connectivity index (χ3v) is 5.04. The SMILES string of the molecule is O=C(c1cc(C(F)(F)F)cc(C(F)(F)F)c1)N1CCCC[C@@H]1Cc1ccccc1. The van der Waals surface area contributed by atoms with Gasteiger partial charge in [-0.3, -0.25) is 4.79 Å². The fourth-order valence-corrected chi connectivity index (χ4v) is 3.61. The molecule has 1 amide bonds. The fourth-order valence-electron chi connectivity index (χ4n) is 3.61. The van der Waals surface area contributed by atoms with Crippen LogP contribution in [-0.4, -0.2) is 23.4 Å². The quantitative estimate of drug-likeness (QED) is 0.567. The summed E-state index contributed by atoms with van der Waals surface area (Å²) in [4.78, 5) is 14.4. The third-order valence-electron chi connectivity index (χ3n) is 5.04. The second-order valence-corrected chi connectivity index (χ2v) is 7.13. The average molecular weight is 415 g/mol. The Balaban J connectivity index is 1.94. The van der Waals surface area contributed by atoms with Crippen LogP contribution in [0.15, 0.2) is 48.5 Å². The van der Waals surface area contributed by atoms with Crippen LogP contribution in [0.3, 0.4) is 0 Å². The second-order valence-electron chi connectivity index (χ2n) is 7.13. The normalized spacial score (nSPS) is 18.0. The minimum absolute atomic E-state index is 0.0361. The number of carbonyl (C=O) groups excluding carboxylic acids is 1. The molecule has 1 atom stereocenters. The second kappa shape index (κ2) is 8.08. The fraction of sp³-hybridized carbons (Fsp3) is 0.381. The van der Waals surface area contributed by atoms with Crippen molar-refractivity contribution in [2.45, 2.75) is 44.1 Å². The lowest BCUT2D eigenvalue weighted by atomic mass is 9.94. The van der Waals surface area contributed by atoms with Crippen molar-refractivity contribution in [1.29, 1.82) is 0 Å². The molecule has 2 aromatic rings. The van der Waals surface area contributed by atoms with E-state index in [2.05, 4.69) is 0 Å². The van der Waals surface area contributed by atoms with Gasteiger partial charge in [0.2, 0.25) is 0 Å². The van der Waals surface area contributed by atoms with Crippen LogP contribution >= 0.6 is 0 Å². The van der Waals surface area contributed by atoms with E-state index in [1.807, 2.05) is 30.3 Å². The molecule has 1 fully saturated rings. The molecule has 0 saturated carbocycles. The molecular formula is C21H19F6NO. The van der Waals surface area contributed by atoms with E-state index in [1.165, 1.54) is 4.90 Å². The zero-order valence-electron chi connectivity index (χ0n) is 15.4. The predicted octanol–water partition coefficient (Wildman–Crippen LogP) is 5.96. The number of halogens is 6. The highest BCUT2D eigenvalue weighted by molar-refractivity contribution is 5.95. The summed E-state index contributed by atoms with van der Waals surface area (Å²) in [5, 5.41) is 0. The van der Waals surface area contributed by atoms with Crippen molar-refractivity contribution in [1.82, 2.24) is 4.90 Å². The molecule has 1 heterocycles. The van der Waals surface area contributed by atoms with E-state index in [9.17, 15) is 31.1 Å². The van der Waals surface area contributed by atoms with Crippen LogP contribution in [0.4, 0.5) is 26.3 Å². The summed E-state index contributed by atoms with van der Waals surface area (Å²) in [7, 11) is 0. The van der Waals surface area contributed by atoms with Gasteiger partial charge in [-0.05, 0) is 49.4 Å². The molecule has 3 rings (SSSR count). The summed E-state index contributed by atoms with van der Waals surface area (Å²) >= 11 is 0. The lowest BCUT2D eigenvalue weighted by molar-refractivity contribution is -0.143. The summed E-state index contributed by atoms with van der Waals surface area (Å²) in [6.45, 7) is 0.300. The van der Waals surface area contributed by atoms with E-state index < -0.39 is 35.0 Å². The molecule has 2 aromatic carbocycles. The number of hydrogen-bond donors (Lipinski definition) is 0. The Morgan fingerprint density at radius 2 is 1.48 bits per heavy atom. The van der Waals surface area contributed by atoms with Gasteiger partial charge < -0.3 is 4.90 Å². The summed E-state index contributed by atoms with van der Waals surface area (Å²) < 4.78 is 78.7. The number of nitrogens with zero attached hydrogens (tertiary/aromatic N) is 1. The number of piperidine rings is 1. The van der Waals surface area contributed by atoms with Crippen molar-refractivity contribution in [3.05, 3.63) is 70.8 Å². The van der Waals surface area contributed by atoms with E-state index in [1.54, 1.807) is 0 Å². The Morgan fingerprint density at radius 1 is 0.897 bits per heavy atom. The predicted molar refractivity (Wildman–Crippen MR) is 95.3 cm³/mol. The number of hydrogen-bond acceptors (Lipinski definition) is 1. The minimum Gasteiger partial charge on any atom is -0.335 e. The van der Waals surface area contributed by atoms with Crippen LogP contribution < -0.4 is 0 Å². The monoisotopic (exact) mass is 415 g/mol. The molecule has 0 spiro atoms. The van der Waals surface area contributed by atoms with Gasteiger partial charge in [-0.15, -0.1) is 0 Å². The van der Waals surface area contributed by atoms with Gasteiger partial charge in [0, 0.05) is 18.2 Å². The highest BCUT2D eigenvalue weighted by Gasteiger charge is 2.38. The van der Waals surface area contributed by atoms with Crippen molar-refractivity contribution in [3.8, 4) is 0 Å². The number of alkyl halides is 6. The smallest absolute Gasteiger partial charge is 0.335 e. The minimum atomic E-state index is -4.98. The Bertz CT molecular complexity index is 827. The molecule has 0 N–H and O–H groups in total. The van der Waals surface area contributed by atoms with Gasteiger partial charge in [-0.25, -0.2) is 0 Å². The number of benzene rings is 2. The van der Waals surface area contributed by atoms with Crippen molar-refractivity contribution < 1.29 is 31.1 Å². The lowest BCUT2D eigenvalue weighted by Gasteiger charge is -2.36. The maximum Gasteiger partial charge on any atom is 0.416 e. The zero-order valence-corrected chi connectivity index (χ0v) is 15.4. The molecule has 0 radical (unpaired) electrons. The summed E-state index contributed by atoms with van der Waals surface area (Å²) in [6.07, 6.45) is -7.33. The molecule has 1 aliphatic heterocycles. The van der Waals surface area contributed by atoms with Crippen molar-refractivity contribution in [2.24, 2.45) is 0 Å². The van der Waals surface area contributed by atoms with Gasteiger partial charge in [0.15, 0.2) is 0 Å². The van der Waals surface area contributed by atoms with Crippen LogP contribution in [0, 0.1) is 0 Å². The molecule has 0 aliphatic carbocycles. The van der Waals surface area contributed by atoms with Gasteiger partial charge in [0.05, 0.1) is 11.1 Å².